The fraction of sp³-hybridized carbons (Fsp3) is 0.750. The van der Waals surface area contributed by atoms with Gasteiger partial charge in [-0.25, -0.2) is 4.21 Å². The van der Waals surface area contributed by atoms with E-state index in [-0.39, 0.29) is 0 Å². The Morgan fingerprint density at radius 1 is 1.40 bits per heavy atom. The molecular weight excluding hydrogens is 144 g/mol. The first-order valence-corrected chi connectivity index (χ1v) is 5.00. The highest BCUT2D eigenvalue weighted by Gasteiger charge is 1.83. The molecule has 1 nitrogen and oxygen atoms in total. The molecule has 0 aliphatic carbocycles. The first kappa shape index (κ1) is 9.71. The minimum atomic E-state index is -0.892. The Balaban J connectivity index is 3.39. The predicted octanol–water partition coefficient (Wildman–Crippen LogP) is 1.91. The topological polar surface area (TPSA) is 17.1 Å². The van der Waals surface area contributed by atoms with Crippen molar-refractivity contribution in [1.29, 1.82) is 0 Å². The summed E-state index contributed by atoms with van der Waals surface area (Å²) < 4.78 is 10.7. The lowest BCUT2D eigenvalue weighted by Crippen LogP contribution is -1.85. The van der Waals surface area contributed by atoms with Crippen LogP contribution in [0.4, 0.5) is 0 Å². The molecule has 0 aliphatic heterocycles. The van der Waals surface area contributed by atoms with E-state index < -0.39 is 10.8 Å². The Labute approximate surface area is 65.7 Å². The van der Waals surface area contributed by atoms with E-state index in [0.717, 1.165) is 19.3 Å². The standard InChI is InChI=1S/C8H14OS/c1-3-5-6-7-8-10(9)4-2/h3-6H2,1-2H3. The summed E-state index contributed by atoms with van der Waals surface area (Å²) >= 11 is 0. The van der Waals surface area contributed by atoms with Crippen LogP contribution in [0.15, 0.2) is 0 Å². The molecule has 0 bridgehead atoms. The van der Waals surface area contributed by atoms with Gasteiger partial charge in [0.2, 0.25) is 0 Å². The van der Waals surface area contributed by atoms with E-state index in [9.17, 15) is 4.21 Å². The van der Waals surface area contributed by atoms with Crippen LogP contribution in [-0.2, 0) is 10.8 Å². The van der Waals surface area contributed by atoms with Gasteiger partial charge in [-0.2, -0.15) is 0 Å². The van der Waals surface area contributed by atoms with Crippen LogP contribution in [0.2, 0.25) is 0 Å². The minimum Gasteiger partial charge on any atom is -0.246 e. The van der Waals surface area contributed by atoms with Crippen LogP contribution in [0, 0.1) is 11.2 Å². The average molecular weight is 158 g/mol. The van der Waals surface area contributed by atoms with Gasteiger partial charge in [0.15, 0.2) is 0 Å². The minimum absolute atomic E-state index is 0.652. The van der Waals surface area contributed by atoms with Crippen molar-refractivity contribution < 1.29 is 4.21 Å². The lowest BCUT2D eigenvalue weighted by atomic mass is 10.3. The normalized spacial score (nSPS) is 11.8. The van der Waals surface area contributed by atoms with Crippen LogP contribution in [0.3, 0.4) is 0 Å². The van der Waals surface area contributed by atoms with Crippen LogP contribution in [0.25, 0.3) is 0 Å². The zero-order valence-electron chi connectivity index (χ0n) is 6.64. The molecule has 0 aliphatic rings. The molecule has 0 radical (unpaired) electrons. The number of hydrogen-bond acceptors (Lipinski definition) is 1. The number of hydrogen-bond donors (Lipinski definition) is 0. The maximum absolute atomic E-state index is 10.7. The van der Waals surface area contributed by atoms with Crippen molar-refractivity contribution in [3.05, 3.63) is 0 Å². The van der Waals surface area contributed by atoms with Crippen LogP contribution in [0.1, 0.15) is 33.1 Å². The lowest BCUT2D eigenvalue weighted by Gasteiger charge is -1.83. The monoisotopic (exact) mass is 158 g/mol. The first-order valence-electron chi connectivity index (χ1n) is 3.68. The molecule has 0 aromatic rings. The van der Waals surface area contributed by atoms with Gasteiger partial charge < -0.3 is 0 Å². The Morgan fingerprint density at radius 3 is 2.60 bits per heavy atom. The van der Waals surface area contributed by atoms with Crippen molar-refractivity contribution >= 4 is 10.8 Å². The molecule has 0 fully saturated rings. The fourth-order valence-corrected chi connectivity index (χ4v) is 0.876. The molecule has 1 unspecified atom stereocenters. The molecule has 0 aromatic carbocycles. The highest BCUT2D eigenvalue weighted by atomic mass is 32.2. The Kier molecular flexibility index (Phi) is 6.63. The Bertz CT molecular complexity index is 152. The average Bonchev–Trinajstić information content (AvgIpc) is 1.98. The molecule has 0 heterocycles. The molecule has 0 aromatic heterocycles. The third-order valence-electron chi connectivity index (χ3n) is 1.10. The van der Waals surface area contributed by atoms with E-state index in [1.54, 1.807) is 0 Å². The smallest absolute Gasteiger partial charge is 0.0971 e. The summed E-state index contributed by atoms with van der Waals surface area (Å²) in [4.78, 5) is 0. The van der Waals surface area contributed by atoms with Gasteiger partial charge in [0.25, 0.3) is 0 Å². The molecule has 0 N–H and O–H groups in total. The predicted molar refractivity (Wildman–Crippen MR) is 46.0 cm³/mol. The fourth-order valence-electron chi connectivity index (χ4n) is 0.469. The van der Waals surface area contributed by atoms with Crippen molar-refractivity contribution in [2.45, 2.75) is 33.1 Å². The number of unbranched alkanes of at least 4 members (excludes halogenated alkanes) is 2. The van der Waals surface area contributed by atoms with Crippen LogP contribution >= 0.6 is 0 Å². The molecule has 10 heavy (non-hydrogen) atoms. The molecule has 2 heteroatoms. The van der Waals surface area contributed by atoms with Crippen LogP contribution in [-0.4, -0.2) is 9.96 Å². The summed E-state index contributed by atoms with van der Waals surface area (Å²) in [6.07, 6.45) is 3.17. The van der Waals surface area contributed by atoms with Crippen molar-refractivity contribution in [2.75, 3.05) is 5.75 Å². The van der Waals surface area contributed by atoms with Crippen molar-refractivity contribution in [3.8, 4) is 11.2 Å². The molecule has 0 spiro atoms. The van der Waals surface area contributed by atoms with Gasteiger partial charge in [0, 0.05) is 12.2 Å². The second-order valence-corrected chi connectivity index (χ2v) is 3.49. The van der Waals surface area contributed by atoms with Gasteiger partial charge in [-0.15, -0.1) is 0 Å². The summed E-state index contributed by atoms with van der Waals surface area (Å²) in [5, 5.41) is 2.69. The summed E-state index contributed by atoms with van der Waals surface area (Å²) in [7, 11) is -0.892. The van der Waals surface area contributed by atoms with Crippen molar-refractivity contribution in [3.63, 3.8) is 0 Å². The van der Waals surface area contributed by atoms with Gasteiger partial charge in [-0.05, 0) is 11.7 Å². The quantitative estimate of drug-likeness (QED) is 0.453. The summed E-state index contributed by atoms with van der Waals surface area (Å²) in [6.45, 7) is 4.00. The van der Waals surface area contributed by atoms with E-state index in [1.165, 1.54) is 0 Å². The number of rotatable bonds is 3. The third-order valence-corrected chi connectivity index (χ3v) is 2.00. The van der Waals surface area contributed by atoms with Gasteiger partial charge in [0.1, 0.15) is 0 Å². The second-order valence-electron chi connectivity index (χ2n) is 2.02. The van der Waals surface area contributed by atoms with E-state index in [2.05, 4.69) is 18.1 Å². The zero-order chi connectivity index (χ0) is 7.82. The molecule has 1 atom stereocenters. The van der Waals surface area contributed by atoms with E-state index >= 15 is 0 Å². The summed E-state index contributed by atoms with van der Waals surface area (Å²) in [6, 6.07) is 0. The second kappa shape index (κ2) is 6.82. The Hall–Kier alpha value is -0.290. The van der Waals surface area contributed by atoms with Gasteiger partial charge in [-0.1, -0.05) is 26.2 Å². The van der Waals surface area contributed by atoms with Gasteiger partial charge in [0.05, 0.1) is 10.8 Å². The molecule has 0 amide bonds. The zero-order valence-corrected chi connectivity index (χ0v) is 7.46. The van der Waals surface area contributed by atoms with Crippen molar-refractivity contribution in [1.82, 2.24) is 0 Å². The highest BCUT2D eigenvalue weighted by Crippen LogP contribution is 1.90. The van der Waals surface area contributed by atoms with E-state index in [0.29, 0.717) is 5.75 Å². The van der Waals surface area contributed by atoms with Crippen LogP contribution in [0.5, 0.6) is 0 Å². The molecule has 0 rings (SSSR count). The Morgan fingerprint density at radius 2 is 2.10 bits per heavy atom. The third kappa shape index (κ3) is 5.84. The summed E-state index contributed by atoms with van der Waals surface area (Å²) in [5.41, 5.74) is 0. The maximum Gasteiger partial charge on any atom is 0.0971 e. The molecule has 58 valence electrons. The maximum atomic E-state index is 10.7. The molecule has 0 saturated carbocycles. The summed E-state index contributed by atoms with van der Waals surface area (Å²) in [5.74, 6) is 3.54. The highest BCUT2D eigenvalue weighted by molar-refractivity contribution is 7.89. The van der Waals surface area contributed by atoms with E-state index in [4.69, 9.17) is 0 Å². The van der Waals surface area contributed by atoms with Gasteiger partial charge >= 0.3 is 0 Å². The lowest BCUT2D eigenvalue weighted by molar-refractivity contribution is 0.690. The molecule has 0 saturated heterocycles. The molecular formula is C8H14OS. The van der Waals surface area contributed by atoms with E-state index in [1.807, 2.05) is 6.92 Å². The largest absolute Gasteiger partial charge is 0.246 e. The van der Waals surface area contributed by atoms with Crippen LogP contribution < -0.4 is 0 Å². The SMILES string of the molecule is CCCCC#CS(=O)CC. The van der Waals surface area contributed by atoms with Gasteiger partial charge in [-0.3, -0.25) is 0 Å². The first-order chi connectivity index (χ1) is 4.81. The van der Waals surface area contributed by atoms with Crippen molar-refractivity contribution in [2.24, 2.45) is 0 Å².